The van der Waals surface area contributed by atoms with Crippen LogP contribution in [0.5, 0.6) is 0 Å². The van der Waals surface area contributed by atoms with Gasteiger partial charge in [0.2, 0.25) is 0 Å². The number of aryl methyl sites for hydroxylation is 1. The van der Waals surface area contributed by atoms with Crippen molar-refractivity contribution in [2.75, 3.05) is 0 Å². The zero-order valence-electron chi connectivity index (χ0n) is 9.24. The molecule has 16 heavy (non-hydrogen) atoms. The van der Waals surface area contributed by atoms with E-state index >= 15 is 0 Å². The van der Waals surface area contributed by atoms with Crippen molar-refractivity contribution < 1.29 is 5.11 Å². The van der Waals surface area contributed by atoms with E-state index in [1.54, 1.807) is 12.7 Å². The molecule has 0 saturated carbocycles. The minimum atomic E-state index is -0.0331. The van der Waals surface area contributed by atoms with Crippen LogP contribution in [0.1, 0.15) is 24.9 Å². The topological polar surface area (TPSA) is 68.8 Å². The fourth-order valence-electron chi connectivity index (χ4n) is 1.55. The summed E-state index contributed by atoms with van der Waals surface area (Å²) in [6.45, 7) is 3.57. The van der Waals surface area contributed by atoms with Crippen LogP contribution in [0.3, 0.4) is 0 Å². The van der Waals surface area contributed by atoms with Gasteiger partial charge < -0.3 is 9.67 Å². The Morgan fingerprint density at radius 2 is 2.25 bits per heavy atom. The molecule has 0 radical (unpaired) electrons. The van der Waals surface area contributed by atoms with E-state index in [4.69, 9.17) is 5.11 Å². The molecule has 86 valence electrons. The Hall–Kier alpha value is -1.69. The molecule has 0 spiro atoms. The fraction of sp³-hybridized carbons (Fsp3) is 0.500. The van der Waals surface area contributed by atoms with Crippen LogP contribution in [0, 0.1) is 0 Å². The van der Waals surface area contributed by atoms with E-state index in [0.29, 0.717) is 12.2 Å². The maximum Gasteiger partial charge on any atom is 0.146 e. The van der Waals surface area contributed by atoms with Crippen molar-refractivity contribution in [2.24, 2.45) is 0 Å². The summed E-state index contributed by atoms with van der Waals surface area (Å²) in [5.41, 5.74) is 0.668. The number of aromatic nitrogens is 5. The second-order valence-corrected chi connectivity index (χ2v) is 3.59. The highest BCUT2D eigenvalue weighted by molar-refractivity contribution is 4.97. The largest absolute Gasteiger partial charge is 0.390 e. The molecule has 6 heteroatoms. The lowest BCUT2D eigenvalue weighted by molar-refractivity contribution is 0.277. The Morgan fingerprint density at radius 1 is 1.38 bits per heavy atom. The van der Waals surface area contributed by atoms with E-state index in [2.05, 4.69) is 22.0 Å². The van der Waals surface area contributed by atoms with Crippen LogP contribution in [-0.4, -0.2) is 29.4 Å². The van der Waals surface area contributed by atoms with Crippen molar-refractivity contribution >= 4 is 0 Å². The highest BCUT2D eigenvalue weighted by Crippen LogP contribution is 2.02. The van der Waals surface area contributed by atoms with Crippen LogP contribution in [0.4, 0.5) is 0 Å². The fourth-order valence-corrected chi connectivity index (χ4v) is 1.55. The Balaban J connectivity index is 2.10. The van der Waals surface area contributed by atoms with Crippen LogP contribution < -0.4 is 0 Å². The summed E-state index contributed by atoms with van der Waals surface area (Å²) in [6.07, 6.45) is 6.10. The minimum absolute atomic E-state index is 0.0331. The average molecular weight is 221 g/mol. The maximum atomic E-state index is 8.91. The summed E-state index contributed by atoms with van der Waals surface area (Å²) in [5, 5.41) is 13.1. The van der Waals surface area contributed by atoms with Gasteiger partial charge in [0.25, 0.3) is 0 Å². The van der Waals surface area contributed by atoms with Crippen LogP contribution >= 0.6 is 0 Å². The molecule has 1 N–H and O–H groups in total. The van der Waals surface area contributed by atoms with Gasteiger partial charge in [0.1, 0.15) is 12.2 Å². The van der Waals surface area contributed by atoms with Crippen molar-refractivity contribution in [1.29, 1.82) is 0 Å². The third kappa shape index (κ3) is 2.27. The summed E-state index contributed by atoms with van der Waals surface area (Å²) in [7, 11) is 0. The number of aliphatic hydroxyl groups excluding tert-OH is 1. The Bertz CT molecular complexity index is 448. The van der Waals surface area contributed by atoms with Crippen LogP contribution in [0.2, 0.25) is 0 Å². The normalized spacial score (nSPS) is 10.9. The van der Waals surface area contributed by atoms with Gasteiger partial charge in [-0.3, -0.25) is 0 Å². The van der Waals surface area contributed by atoms with Crippen LogP contribution in [0.25, 0.3) is 0 Å². The lowest BCUT2D eigenvalue weighted by Crippen LogP contribution is -2.09. The van der Waals surface area contributed by atoms with Gasteiger partial charge in [-0.2, -0.15) is 5.10 Å². The molecule has 0 saturated heterocycles. The van der Waals surface area contributed by atoms with Gasteiger partial charge in [-0.25, -0.2) is 14.6 Å². The number of aliphatic hydroxyl groups is 1. The summed E-state index contributed by atoms with van der Waals surface area (Å²) in [5.74, 6) is 0.906. The summed E-state index contributed by atoms with van der Waals surface area (Å²) < 4.78 is 3.78. The first-order valence-corrected chi connectivity index (χ1v) is 5.31. The SMILES string of the molecule is CCCn1ncnc1Cn1cnc(CO)c1. The number of hydrogen-bond acceptors (Lipinski definition) is 4. The number of nitrogens with zero attached hydrogens (tertiary/aromatic N) is 5. The van der Waals surface area contributed by atoms with Crippen molar-refractivity contribution in [3.8, 4) is 0 Å². The first-order valence-electron chi connectivity index (χ1n) is 5.31. The third-order valence-corrected chi connectivity index (χ3v) is 2.30. The number of hydrogen-bond donors (Lipinski definition) is 1. The van der Waals surface area contributed by atoms with E-state index in [1.165, 1.54) is 0 Å². The van der Waals surface area contributed by atoms with Crippen molar-refractivity contribution in [3.05, 3.63) is 30.4 Å². The van der Waals surface area contributed by atoms with E-state index in [1.807, 2.05) is 15.4 Å². The van der Waals surface area contributed by atoms with Crippen molar-refractivity contribution in [3.63, 3.8) is 0 Å². The highest BCUT2D eigenvalue weighted by Gasteiger charge is 2.05. The van der Waals surface area contributed by atoms with Crippen LogP contribution in [-0.2, 0) is 19.7 Å². The third-order valence-electron chi connectivity index (χ3n) is 2.30. The molecule has 0 atom stereocenters. The summed E-state index contributed by atoms with van der Waals surface area (Å²) >= 11 is 0. The lowest BCUT2D eigenvalue weighted by Gasteiger charge is -2.04. The second-order valence-electron chi connectivity index (χ2n) is 3.59. The van der Waals surface area contributed by atoms with Gasteiger partial charge in [-0.1, -0.05) is 6.92 Å². The van der Waals surface area contributed by atoms with Gasteiger partial charge >= 0.3 is 0 Å². The van der Waals surface area contributed by atoms with Gasteiger partial charge in [-0.05, 0) is 6.42 Å². The molecule has 2 aromatic rings. The minimum Gasteiger partial charge on any atom is -0.390 e. The molecule has 2 rings (SSSR count). The molecule has 0 amide bonds. The van der Waals surface area contributed by atoms with E-state index in [9.17, 15) is 0 Å². The van der Waals surface area contributed by atoms with Gasteiger partial charge in [-0.15, -0.1) is 0 Å². The quantitative estimate of drug-likeness (QED) is 0.794. The Morgan fingerprint density at radius 3 is 2.94 bits per heavy atom. The van der Waals surface area contributed by atoms with Gasteiger partial charge in [0.05, 0.1) is 25.2 Å². The highest BCUT2D eigenvalue weighted by atomic mass is 16.3. The molecular formula is C10H15N5O. The molecule has 0 aliphatic rings. The molecular weight excluding hydrogens is 206 g/mol. The van der Waals surface area contributed by atoms with Crippen molar-refractivity contribution in [2.45, 2.75) is 33.0 Å². The first-order chi connectivity index (χ1) is 7.83. The smallest absolute Gasteiger partial charge is 0.146 e. The molecule has 0 unspecified atom stereocenters. The monoisotopic (exact) mass is 221 g/mol. The molecule has 0 aliphatic heterocycles. The molecule has 0 aliphatic carbocycles. The van der Waals surface area contributed by atoms with Gasteiger partial charge in [0.15, 0.2) is 0 Å². The maximum absolute atomic E-state index is 8.91. The average Bonchev–Trinajstić information content (AvgIpc) is 2.90. The predicted molar refractivity (Wildman–Crippen MR) is 57.6 cm³/mol. The van der Waals surface area contributed by atoms with Gasteiger partial charge in [0, 0.05) is 12.7 Å². The van der Waals surface area contributed by atoms with Crippen molar-refractivity contribution in [1.82, 2.24) is 24.3 Å². The van der Waals surface area contributed by atoms with Crippen LogP contribution in [0.15, 0.2) is 18.9 Å². The number of imidazole rings is 1. The predicted octanol–water partition coefficient (Wildman–Crippen LogP) is 0.425. The Labute approximate surface area is 93.6 Å². The lowest BCUT2D eigenvalue weighted by atomic mass is 10.4. The first kappa shape index (κ1) is 10.8. The molecule has 6 nitrogen and oxygen atoms in total. The molecule has 0 aromatic carbocycles. The van der Waals surface area contributed by atoms with E-state index < -0.39 is 0 Å². The van der Waals surface area contributed by atoms with E-state index in [0.717, 1.165) is 18.8 Å². The molecule has 0 fully saturated rings. The molecule has 2 aromatic heterocycles. The zero-order chi connectivity index (χ0) is 11.4. The number of rotatable bonds is 5. The second kappa shape index (κ2) is 4.89. The summed E-state index contributed by atoms with van der Waals surface area (Å²) in [6, 6.07) is 0. The van der Waals surface area contributed by atoms with E-state index in [-0.39, 0.29) is 6.61 Å². The molecule has 2 heterocycles. The standard InChI is InChI=1S/C10H15N5O/c1-2-3-15-10(11-7-13-15)5-14-4-9(6-16)12-8-14/h4,7-8,16H,2-3,5-6H2,1H3. The molecule has 0 bridgehead atoms. The Kier molecular flexibility index (Phi) is 3.31. The zero-order valence-corrected chi connectivity index (χ0v) is 9.24. The summed E-state index contributed by atoms with van der Waals surface area (Å²) in [4.78, 5) is 8.25.